The van der Waals surface area contributed by atoms with Crippen molar-refractivity contribution >= 4 is 22.4 Å². The van der Waals surface area contributed by atoms with E-state index in [4.69, 9.17) is 4.74 Å². The van der Waals surface area contributed by atoms with Crippen molar-refractivity contribution in [2.24, 2.45) is 0 Å². The van der Waals surface area contributed by atoms with E-state index < -0.39 is 0 Å². The molecule has 6 heteroatoms. The highest BCUT2D eigenvalue weighted by molar-refractivity contribution is 5.84. The third kappa shape index (κ3) is 5.09. The van der Waals surface area contributed by atoms with Crippen LogP contribution < -0.4 is 9.64 Å². The Morgan fingerprint density at radius 3 is 2.35 bits per heavy atom. The molecule has 0 aromatic heterocycles. The molecule has 162 valence electrons. The van der Waals surface area contributed by atoms with E-state index in [-0.39, 0.29) is 11.7 Å². The van der Waals surface area contributed by atoms with Crippen LogP contribution in [0.5, 0.6) is 11.5 Å². The number of phenols is 1. The number of methoxy groups -OCH3 is 1. The lowest BCUT2D eigenvalue weighted by molar-refractivity contribution is -0.131. The molecule has 31 heavy (non-hydrogen) atoms. The lowest BCUT2D eigenvalue weighted by Crippen LogP contribution is -2.49. The molecule has 1 aliphatic heterocycles. The second-order valence-electron chi connectivity index (χ2n) is 8.08. The third-order valence-corrected chi connectivity index (χ3v) is 5.90. The van der Waals surface area contributed by atoms with Gasteiger partial charge in [-0.25, -0.2) is 0 Å². The maximum atomic E-state index is 12.8. The Labute approximate surface area is 183 Å². The van der Waals surface area contributed by atoms with Gasteiger partial charge in [-0.2, -0.15) is 0 Å². The van der Waals surface area contributed by atoms with Crippen molar-refractivity contribution in [3.63, 3.8) is 0 Å². The number of amides is 1. The first-order chi connectivity index (χ1) is 15.0. The van der Waals surface area contributed by atoms with Crippen LogP contribution in [0.1, 0.15) is 5.56 Å². The molecule has 0 bridgehead atoms. The summed E-state index contributed by atoms with van der Waals surface area (Å²) in [6.45, 7) is 4.46. The minimum absolute atomic E-state index is 0.132. The summed E-state index contributed by atoms with van der Waals surface area (Å²) in [4.78, 5) is 19.1. The number of carbonyl (C=O) groups excluding carboxylic acids is 1. The van der Waals surface area contributed by atoms with Crippen LogP contribution in [0.2, 0.25) is 0 Å². The molecule has 0 radical (unpaired) electrons. The number of aromatic hydroxyl groups is 1. The number of hydrogen-bond acceptors (Lipinski definition) is 5. The predicted octanol–water partition coefficient (Wildman–Crippen LogP) is 3.33. The molecule has 0 saturated carbocycles. The van der Waals surface area contributed by atoms with Gasteiger partial charge in [-0.05, 0) is 58.8 Å². The molecule has 3 aromatic carbocycles. The number of hydrogen-bond donors (Lipinski definition) is 1. The molecule has 1 aliphatic rings. The molecular weight excluding hydrogens is 390 g/mol. The highest BCUT2D eigenvalue weighted by Gasteiger charge is 2.21. The van der Waals surface area contributed by atoms with Crippen LogP contribution in [0.3, 0.4) is 0 Å². The van der Waals surface area contributed by atoms with Gasteiger partial charge < -0.3 is 19.6 Å². The fraction of sp³-hybridized carbons (Fsp3) is 0.320. The molecule has 1 saturated heterocycles. The van der Waals surface area contributed by atoms with Crippen LogP contribution in [-0.2, 0) is 11.3 Å². The number of nitrogens with zero attached hydrogens (tertiary/aromatic N) is 3. The minimum atomic E-state index is 0.132. The molecule has 4 rings (SSSR count). The Balaban J connectivity index is 1.30. The maximum absolute atomic E-state index is 12.8. The first-order valence-corrected chi connectivity index (χ1v) is 10.6. The van der Waals surface area contributed by atoms with Gasteiger partial charge in [0.2, 0.25) is 5.91 Å². The zero-order chi connectivity index (χ0) is 21.8. The van der Waals surface area contributed by atoms with Crippen LogP contribution >= 0.6 is 0 Å². The van der Waals surface area contributed by atoms with Gasteiger partial charge in [-0.3, -0.25) is 9.69 Å². The number of ether oxygens (including phenoxy) is 1. The maximum Gasteiger partial charge on any atom is 0.236 e. The first kappa shape index (κ1) is 21.0. The Hall–Kier alpha value is -3.25. The minimum Gasteiger partial charge on any atom is -0.508 e. The zero-order valence-corrected chi connectivity index (χ0v) is 18.1. The van der Waals surface area contributed by atoms with E-state index in [1.807, 2.05) is 37.4 Å². The molecule has 3 aromatic rings. The quantitative estimate of drug-likeness (QED) is 0.664. The van der Waals surface area contributed by atoms with Crippen LogP contribution in [0.25, 0.3) is 10.8 Å². The lowest BCUT2D eigenvalue weighted by atomic mass is 10.1. The fourth-order valence-electron chi connectivity index (χ4n) is 4.00. The predicted molar refractivity (Wildman–Crippen MR) is 124 cm³/mol. The summed E-state index contributed by atoms with van der Waals surface area (Å²) >= 11 is 0. The highest BCUT2D eigenvalue weighted by Crippen LogP contribution is 2.23. The van der Waals surface area contributed by atoms with Crippen molar-refractivity contribution in [2.75, 3.05) is 51.8 Å². The Morgan fingerprint density at radius 1 is 0.968 bits per heavy atom. The number of carbonyl (C=O) groups is 1. The molecular formula is C25H29N3O3. The van der Waals surface area contributed by atoms with Gasteiger partial charge in [0.1, 0.15) is 11.5 Å². The van der Waals surface area contributed by atoms with Crippen molar-refractivity contribution in [3.05, 3.63) is 66.2 Å². The average Bonchev–Trinajstić information content (AvgIpc) is 2.79. The highest BCUT2D eigenvalue weighted by atomic mass is 16.5. The largest absolute Gasteiger partial charge is 0.508 e. The Kier molecular flexibility index (Phi) is 6.28. The summed E-state index contributed by atoms with van der Waals surface area (Å²) in [6, 6.07) is 19.6. The summed E-state index contributed by atoms with van der Waals surface area (Å²) in [7, 11) is 3.54. The normalized spacial score (nSPS) is 14.6. The summed E-state index contributed by atoms with van der Waals surface area (Å²) in [5.74, 6) is 1.26. The molecule has 1 fully saturated rings. The molecule has 0 unspecified atom stereocenters. The van der Waals surface area contributed by atoms with E-state index in [9.17, 15) is 9.90 Å². The van der Waals surface area contributed by atoms with E-state index in [0.29, 0.717) is 13.1 Å². The number of phenolic OH excluding ortho intramolecular Hbond substituents is 1. The molecule has 1 N–H and O–H groups in total. The van der Waals surface area contributed by atoms with Gasteiger partial charge in [0.05, 0.1) is 13.7 Å². The van der Waals surface area contributed by atoms with Crippen LogP contribution in [0.15, 0.2) is 60.7 Å². The van der Waals surface area contributed by atoms with Crippen molar-refractivity contribution in [2.45, 2.75) is 6.54 Å². The molecule has 0 spiro atoms. The van der Waals surface area contributed by atoms with E-state index >= 15 is 0 Å². The smallest absolute Gasteiger partial charge is 0.236 e. The number of fused-ring (bicyclic) bond motifs is 1. The third-order valence-electron chi connectivity index (χ3n) is 5.90. The summed E-state index contributed by atoms with van der Waals surface area (Å²) in [6.07, 6.45) is 0. The molecule has 6 nitrogen and oxygen atoms in total. The second kappa shape index (κ2) is 9.27. The zero-order valence-electron chi connectivity index (χ0n) is 18.1. The van der Waals surface area contributed by atoms with Crippen LogP contribution in [0, 0.1) is 0 Å². The summed E-state index contributed by atoms with van der Waals surface area (Å²) in [5, 5.41) is 11.7. The van der Waals surface area contributed by atoms with E-state index in [1.54, 1.807) is 24.1 Å². The second-order valence-corrected chi connectivity index (χ2v) is 8.08. The van der Waals surface area contributed by atoms with Crippen molar-refractivity contribution in [1.29, 1.82) is 0 Å². The van der Waals surface area contributed by atoms with Gasteiger partial charge in [-0.15, -0.1) is 0 Å². The molecule has 1 amide bonds. The van der Waals surface area contributed by atoms with Gasteiger partial charge in [0.25, 0.3) is 0 Å². The van der Waals surface area contributed by atoms with Crippen LogP contribution in [-0.4, -0.2) is 67.7 Å². The van der Waals surface area contributed by atoms with Crippen molar-refractivity contribution in [3.8, 4) is 11.5 Å². The molecule has 0 atom stereocenters. The van der Waals surface area contributed by atoms with E-state index in [0.717, 1.165) is 54.0 Å². The summed E-state index contributed by atoms with van der Waals surface area (Å²) in [5.41, 5.74) is 2.22. The number of rotatable bonds is 6. The lowest BCUT2D eigenvalue weighted by Gasteiger charge is -2.36. The van der Waals surface area contributed by atoms with E-state index in [2.05, 4.69) is 28.0 Å². The van der Waals surface area contributed by atoms with Crippen LogP contribution in [0.4, 0.5) is 5.69 Å². The fourth-order valence-corrected chi connectivity index (χ4v) is 4.00. The Bertz CT molecular complexity index is 1040. The number of piperazine rings is 1. The van der Waals surface area contributed by atoms with E-state index in [1.165, 1.54) is 0 Å². The SMILES string of the molecule is COc1ccc2cc(CN(C)C(=O)CN3CCN(c4ccc(O)cc4)CC3)ccc2c1. The number of benzene rings is 3. The van der Waals surface area contributed by atoms with Gasteiger partial charge in [0.15, 0.2) is 0 Å². The number of anilines is 1. The topological polar surface area (TPSA) is 56.2 Å². The first-order valence-electron chi connectivity index (χ1n) is 10.6. The standard InChI is InChI=1S/C25H29N3O3/c1-26(17-19-3-4-21-16-24(31-2)10-5-20(21)15-19)25(30)18-27-11-13-28(14-12-27)22-6-8-23(29)9-7-22/h3-10,15-16,29H,11-14,17-18H2,1-2H3. The average molecular weight is 420 g/mol. The summed E-state index contributed by atoms with van der Waals surface area (Å²) < 4.78 is 5.29. The number of likely N-dealkylation sites (N-methyl/N-ethyl adjacent to an activating group) is 1. The Morgan fingerprint density at radius 2 is 1.65 bits per heavy atom. The van der Waals surface area contributed by atoms with Gasteiger partial charge in [0, 0.05) is 45.5 Å². The van der Waals surface area contributed by atoms with Gasteiger partial charge >= 0.3 is 0 Å². The van der Waals surface area contributed by atoms with Gasteiger partial charge in [-0.1, -0.05) is 18.2 Å². The monoisotopic (exact) mass is 419 g/mol. The molecule has 1 heterocycles. The molecule has 0 aliphatic carbocycles. The van der Waals surface area contributed by atoms with Crippen molar-refractivity contribution < 1.29 is 14.6 Å². The van der Waals surface area contributed by atoms with Crippen molar-refractivity contribution in [1.82, 2.24) is 9.80 Å².